The van der Waals surface area contributed by atoms with E-state index in [0.717, 1.165) is 18.6 Å². The summed E-state index contributed by atoms with van der Waals surface area (Å²) in [5, 5.41) is 12.2. The maximum atomic E-state index is 10.6. The van der Waals surface area contributed by atoms with Crippen LogP contribution in [0.4, 0.5) is 0 Å². The predicted molar refractivity (Wildman–Crippen MR) is 51.5 cm³/mol. The number of aromatic nitrogens is 1. The fourth-order valence-corrected chi connectivity index (χ4v) is 1.27. The lowest BCUT2D eigenvalue weighted by molar-refractivity contribution is 0.0685. The van der Waals surface area contributed by atoms with Gasteiger partial charge in [-0.1, -0.05) is 19.0 Å². The van der Waals surface area contributed by atoms with Crippen molar-refractivity contribution in [2.75, 3.05) is 0 Å². The highest BCUT2D eigenvalue weighted by atomic mass is 16.5. The Hall–Kier alpha value is -1.32. The molecule has 1 aromatic heterocycles. The zero-order valence-electron chi connectivity index (χ0n) is 8.70. The Morgan fingerprint density at radius 1 is 1.50 bits per heavy atom. The SMILES string of the molecule is CC.Cc1c(C(=O)O)noc1C1CC1. The molecule has 1 saturated carbocycles. The zero-order chi connectivity index (χ0) is 10.7. The van der Waals surface area contributed by atoms with Crippen molar-refractivity contribution in [2.45, 2.75) is 39.5 Å². The summed E-state index contributed by atoms with van der Waals surface area (Å²) in [7, 11) is 0. The summed E-state index contributed by atoms with van der Waals surface area (Å²) in [5.74, 6) is 0.168. The van der Waals surface area contributed by atoms with Crippen molar-refractivity contribution >= 4 is 5.97 Å². The van der Waals surface area contributed by atoms with Crippen LogP contribution in [0.2, 0.25) is 0 Å². The smallest absolute Gasteiger partial charge is 0.358 e. The van der Waals surface area contributed by atoms with Gasteiger partial charge >= 0.3 is 5.97 Å². The molecule has 1 heterocycles. The number of aromatic carboxylic acids is 1. The first kappa shape index (κ1) is 10.8. The minimum absolute atomic E-state index is 0.0527. The minimum Gasteiger partial charge on any atom is -0.476 e. The molecular weight excluding hydrogens is 182 g/mol. The molecule has 4 nitrogen and oxygen atoms in total. The second-order valence-corrected chi connectivity index (χ2v) is 3.10. The van der Waals surface area contributed by atoms with E-state index in [1.54, 1.807) is 6.92 Å². The normalized spacial score (nSPS) is 14.5. The van der Waals surface area contributed by atoms with Crippen LogP contribution in [0.3, 0.4) is 0 Å². The lowest BCUT2D eigenvalue weighted by Crippen LogP contribution is -1.98. The van der Waals surface area contributed by atoms with E-state index >= 15 is 0 Å². The van der Waals surface area contributed by atoms with E-state index in [9.17, 15) is 4.79 Å². The molecule has 1 aliphatic rings. The van der Waals surface area contributed by atoms with E-state index in [-0.39, 0.29) is 5.69 Å². The fraction of sp³-hybridized carbons (Fsp3) is 0.600. The molecule has 1 aromatic rings. The van der Waals surface area contributed by atoms with Gasteiger partial charge in [0.1, 0.15) is 5.76 Å². The molecule has 0 atom stereocenters. The average Bonchev–Trinajstić information content (AvgIpc) is 2.93. The van der Waals surface area contributed by atoms with Gasteiger partial charge in [0.25, 0.3) is 0 Å². The molecule has 2 rings (SSSR count). The Labute approximate surface area is 82.9 Å². The molecule has 14 heavy (non-hydrogen) atoms. The first-order valence-electron chi connectivity index (χ1n) is 4.89. The Bertz CT molecular complexity index is 326. The van der Waals surface area contributed by atoms with Crippen LogP contribution in [0.5, 0.6) is 0 Å². The molecular formula is C10H15NO3. The van der Waals surface area contributed by atoms with Crippen LogP contribution in [0.1, 0.15) is 54.4 Å². The van der Waals surface area contributed by atoms with Gasteiger partial charge in [0, 0.05) is 11.5 Å². The number of hydrogen-bond donors (Lipinski definition) is 1. The number of carboxylic acids is 1. The third kappa shape index (κ3) is 1.95. The first-order chi connectivity index (χ1) is 6.70. The van der Waals surface area contributed by atoms with Gasteiger partial charge in [0.2, 0.25) is 0 Å². The number of hydrogen-bond acceptors (Lipinski definition) is 3. The third-order valence-corrected chi connectivity index (χ3v) is 2.11. The van der Waals surface area contributed by atoms with E-state index in [0.29, 0.717) is 11.5 Å². The molecule has 0 amide bonds. The molecule has 0 aromatic carbocycles. The molecule has 1 aliphatic carbocycles. The highest BCUT2D eigenvalue weighted by molar-refractivity contribution is 5.87. The summed E-state index contributed by atoms with van der Waals surface area (Å²) in [6.07, 6.45) is 2.18. The topological polar surface area (TPSA) is 63.3 Å². The average molecular weight is 197 g/mol. The summed E-state index contributed by atoms with van der Waals surface area (Å²) in [4.78, 5) is 10.6. The van der Waals surface area contributed by atoms with Crippen LogP contribution in [0.25, 0.3) is 0 Å². The monoisotopic (exact) mass is 197 g/mol. The van der Waals surface area contributed by atoms with Crippen LogP contribution in [-0.2, 0) is 0 Å². The van der Waals surface area contributed by atoms with Gasteiger partial charge in [-0.05, 0) is 19.8 Å². The molecule has 0 spiro atoms. The maximum Gasteiger partial charge on any atom is 0.358 e. The maximum absolute atomic E-state index is 10.6. The second-order valence-electron chi connectivity index (χ2n) is 3.10. The lowest BCUT2D eigenvalue weighted by atomic mass is 10.1. The quantitative estimate of drug-likeness (QED) is 0.791. The van der Waals surface area contributed by atoms with Gasteiger partial charge in [0.15, 0.2) is 5.69 Å². The fourth-order valence-electron chi connectivity index (χ4n) is 1.27. The lowest BCUT2D eigenvalue weighted by Gasteiger charge is -1.89. The number of nitrogens with zero attached hydrogens (tertiary/aromatic N) is 1. The minimum atomic E-state index is -1.01. The Balaban J connectivity index is 0.000000461. The molecule has 0 unspecified atom stereocenters. The predicted octanol–water partition coefficient (Wildman–Crippen LogP) is 2.58. The first-order valence-corrected chi connectivity index (χ1v) is 4.89. The van der Waals surface area contributed by atoms with Crippen molar-refractivity contribution in [2.24, 2.45) is 0 Å². The van der Waals surface area contributed by atoms with Gasteiger partial charge < -0.3 is 9.63 Å². The number of rotatable bonds is 2. The van der Waals surface area contributed by atoms with Crippen molar-refractivity contribution in [3.05, 3.63) is 17.0 Å². The van der Waals surface area contributed by atoms with Crippen molar-refractivity contribution in [1.29, 1.82) is 0 Å². The van der Waals surface area contributed by atoms with E-state index in [1.807, 2.05) is 13.8 Å². The molecule has 4 heteroatoms. The zero-order valence-corrected chi connectivity index (χ0v) is 8.70. The van der Waals surface area contributed by atoms with Crippen molar-refractivity contribution in [1.82, 2.24) is 5.16 Å². The molecule has 0 aliphatic heterocycles. The third-order valence-electron chi connectivity index (χ3n) is 2.11. The van der Waals surface area contributed by atoms with E-state index in [4.69, 9.17) is 9.63 Å². The molecule has 0 bridgehead atoms. The van der Waals surface area contributed by atoms with Gasteiger partial charge in [0.05, 0.1) is 0 Å². The second kappa shape index (κ2) is 4.26. The molecule has 1 N–H and O–H groups in total. The Morgan fingerprint density at radius 2 is 2.07 bits per heavy atom. The number of carboxylic acid groups (broad SMARTS) is 1. The molecule has 0 radical (unpaired) electrons. The van der Waals surface area contributed by atoms with E-state index in [1.165, 1.54) is 0 Å². The Morgan fingerprint density at radius 3 is 2.43 bits per heavy atom. The highest BCUT2D eigenvalue weighted by Gasteiger charge is 2.31. The van der Waals surface area contributed by atoms with E-state index in [2.05, 4.69) is 5.16 Å². The Kier molecular flexibility index (Phi) is 3.28. The summed E-state index contributed by atoms with van der Waals surface area (Å²) < 4.78 is 4.95. The summed E-state index contributed by atoms with van der Waals surface area (Å²) in [6, 6.07) is 0. The van der Waals surface area contributed by atoms with Crippen molar-refractivity contribution in [3.8, 4) is 0 Å². The largest absolute Gasteiger partial charge is 0.476 e. The van der Waals surface area contributed by atoms with Crippen LogP contribution in [0, 0.1) is 6.92 Å². The van der Waals surface area contributed by atoms with Crippen LogP contribution < -0.4 is 0 Å². The van der Waals surface area contributed by atoms with Gasteiger partial charge in [-0.25, -0.2) is 4.79 Å². The summed E-state index contributed by atoms with van der Waals surface area (Å²) >= 11 is 0. The molecule has 0 saturated heterocycles. The van der Waals surface area contributed by atoms with Crippen molar-refractivity contribution in [3.63, 3.8) is 0 Å². The summed E-state index contributed by atoms with van der Waals surface area (Å²) in [5.41, 5.74) is 0.738. The van der Waals surface area contributed by atoms with Crippen LogP contribution in [0.15, 0.2) is 4.52 Å². The van der Waals surface area contributed by atoms with Crippen molar-refractivity contribution < 1.29 is 14.4 Å². The summed E-state index contributed by atoms with van der Waals surface area (Å²) in [6.45, 7) is 5.74. The van der Waals surface area contributed by atoms with Gasteiger partial charge in [-0.15, -0.1) is 0 Å². The molecule has 1 fully saturated rings. The van der Waals surface area contributed by atoms with Gasteiger partial charge in [-0.2, -0.15) is 0 Å². The molecule has 78 valence electrons. The number of carbonyl (C=O) groups is 1. The van der Waals surface area contributed by atoms with Crippen LogP contribution >= 0.6 is 0 Å². The highest BCUT2D eigenvalue weighted by Crippen LogP contribution is 2.42. The van der Waals surface area contributed by atoms with Gasteiger partial charge in [-0.3, -0.25) is 0 Å². The van der Waals surface area contributed by atoms with E-state index < -0.39 is 5.97 Å². The van der Waals surface area contributed by atoms with Crippen LogP contribution in [-0.4, -0.2) is 16.2 Å². The standard InChI is InChI=1S/C8H9NO3.C2H6/c1-4-6(8(10)11)9-12-7(4)5-2-3-5;1-2/h5H,2-3H2,1H3,(H,10,11);1-2H3.